The molecule has 0 radical (unpaired) electrons. The molecule has 0 spiro atoms. The van der Waals surface area contributed by atoms with Gasteiger partial charge in [0.25, 0.3) is 0 Å². The lowest BCUT2D eigenvalue weighted by Gasteiger charge is -2.09. The average molecular weight is 283 g/mol. The van der Waals surface area contributed by atoms with Crippen molar-refractivity contribution in [2.75, 3.05) is 5.88 Å². The Bertz CT molecular complexity index is 418. The van der Waals surface area contributed by atoms with Gasteiger partial charge in [0.05, 0.1) is 5.88 Å². The van der Waals surface area contributed by atoms with Crippen LogP contribution in [0.25, 0.3) is 0 Å². The molecule has 0 aliphatic heterocycles. The molecule has 6 heteroatoms. The topological polar surface area (TPSA) is 17.1 Å². The lowest BCUT2D eigenvalue weighted by Crippen LogP contribution is -2.06. The van der Waals surface area contributed by atoms with Gasteiger partial charge >= 0.3 is 5.51 Å². The van der Waals surface area contributed by atoms with E-state index < -0.39 is 5.51 Å². The van der Waals surface area contributed by atoms with Crippen LogP contribution in [0.2, 0.25) is 0 Å². The molecule has 0 aliphatic carbocycles. The van der Waals surface area contributed by atoms with E-state index in [2.05, 4.69) is 0 Å². The first-order chi connectivity index (χ1) is 7.81. The quantitative estimate of drug-likeness (QED) is 0.614. The van der Waals surface area contributed by atoms with E-state index in [1.54, 1.807) is 13.0 Å². The normalized spacial score (nSPS) is 11.6. The summed E-state index contributed by atoms with van der Waals surface area (Å²) in [6, 6.07) is 4.35. The van der Waals surface area contributed by atoms with Gasteiger partial charge in [-0.25, -0.2) is 0 Å². The van der Waals surface area contributed by atoms with Crippen LogP contribution >= 0.6 is 23.4 Å². The Labute approximate surface area is 106 Å². The third-order valence-corrected chi connectivity index (χ3v) is 3.11. The first kappa shape index (κ1) is 14.4. The lowest BCUT2D eigenvalue weighted by molar-refractivity contribution is -0.116. The molecule has 0 N–H and O–H groups in total. The smallest absolute Gasteiger partial charge is 0.298 e. The number of halogens is 4. The maximum absolute atomic E-state index is 12.2. The van der Waals surface area contributed by atoms with Crippen LogP contribution in [0.3, 0.4) is 0 Å². The van der Waals surface area contributed by atoms with Gasteiger partial charge in [0.1, 0.15) is 0 Å². The molecular formula is C11H10ClF3OS. The minimum atomic E-state index is -4.32. The fourth-order valence-electron chi connectivity index (χ4n) is 1.30. The van der Waals surface area contributed by atoms with Gasteiger partial charge in [0, 0.05) is 11.3 Å². The summed E-state index contributed by atoms with van der Waals surface area (Å²) in [7, 11) is 0. The Morgan fingerprint density at radius 1 is 1.41 bits per heavy atom. The molecule has 0 saturated carbocycles. The number of ketones is 1. The summed E-state index contributed by atoms with van der Waals surface area (Å²) in [5.74, 6) is -0.334. The van der Waals surface area contributed by atoms with E-state index in [1.807, 2.05) is 0 Å². The van der Waals surface area contributed by atoms with Crippen LogP contribution < -0.4 is 0 Å². The molecule has 0 fully saturated rings. The van der Waals surface area contributed by atoms with Crippen molar-refractivity contribution in [1.29, 1.82) is 0 Å². The average Bonchev–Trinajstić information content (AvgIpc) is 2.20. The first-order valence-electron chi connectivity index (χ1n) is 4.75. The number of benzene rings is 1. The van der Waals surface area contributed by atoms with Crippen molar-refractivity contribution in [3.63, 3.8) is 0 Å². The Morgan fingerprint density at radius 2 is 2.06 bits per heavy atom. The van der Waals surface area contributed by atoms with E-state index >= 15 is 0 Å². The maximum Gasteiger partial charge on any atom is 0.446 e. The molecule has 0 atom stereocenters. The van der Waals surface area contributed by atoms with Crippen LogP contribution in [0.5, 0.6) is 0 Å². The fourth-order valence-corrected chi connectivity index (χ4v) is 1.99. The minimum Gasteiger partial charge on any atom is -0.298 e. The lowest BCUT2D eigenvalue weighted by atomic mass is 10.0. The molecule has 1 aromatic carbocycles. The zero-order valence-corrected chi connectivity index (χ0v) is 10.5. The second kappa shape index (κ2) is 5.78. The van der Waals surface area contributed by atoms with Gasteiger partial charge in [-0.3, -0.25) is 4.79 Å². The molecule has 0 saturated heterocycles. The number of hydrogen-bond donors (Lipinski definition) is 0. The van der Waals surface area contributed by atoms with Gasteiger partial charge in [-0.1, -0.05) is 6.07 Å². The van der Waals surface area contributed by atoms with Crippen molar-refractivity contribution in [2.45, 2.75) is 23.7 Å². The molecule has 94 valence electrons. The zero-order chi connectivity index (χ0) is 13.1. The number of carbonyl (C=O) groups is 1. The van der Waals surface area contributed by atoms with Crippen LogP contribution in [-0.4, -0.2) is 17.2 Å². The second-order valence-corrected chi connectivity index (χ2v) is 4.89. The van der Waals surface area contributed by atoms with Crippen molar-refractivity contribution >= 4 is 29.1 Å². The van der Waals surface area contributed by atoms with Crippen LogP contribution in [0.1, 0.15) is 11.1 Å². The van der Waals surface area contributed by atoms with Crippen LogP contribution in [0, 0.1) is 6.92 Å². The van der Waals surface area contributed by atoms with Gasteiger partial charge in [0.15, 0.2) is 5.78 Å². The van der Waals surface area contributed by atoms with Gasteiger partial charge < -0.3 is 0 Å². The van der Waals surface area contributed by atoms with E-state index in [4.69, 9.17) is 11.6 Å². The molecule has 1 nitrogen and oxygen atoms in total. The summed E-state index contributed by atoms with van der Waals surface area (Å²) in [6.07, 6.45) is 0.0710. The molecule has 0 unspecified atom stereocenters. The number of aryl methyl sites for hydroxylation is 1. The van der Waals surface area contributed by atoms with Crippen molar-refractivity contribution in [3.8, 4) is 0 Å². The van der Waals surface area contributed by atoms with Gasteiger partial charge in [-0.05, 0) is 41.9 Å². The molecule has 1 aromatic rings. The molecule has 1 rings (SSSR count). The summed E-state index contributed by atoms with van der Waals surface area (Å²) in [4.78, 5) is 11.3. The largest absolute Gasteiger partial charge is 0.446 e. The van der Waals surface area contributed by atoms with E-state index in [1.165, 1.54) is 12.1 Å². The summed E-state index contributed by atoms with van der Waals surface area (Å²) in [5.41, 5.74) is -2.94. The second-order valence-electron chi connectivity index (χ2n) is 3.49. The summed E-state index contributed by atoms with van der Waals surface area (Å²) >= 11 is 5.18. The maximum atomic E-state index is 12.2. The van der Waals surface area contributed by atoms with Gasteiger partial charge in [0.2, 0.25) is 0 Å². The van der Waals surface area contributed by atoms with Crippen LogP contribution in [0.15, 0.2) is 23.1 Å². The molecule has 0 aromatic heterocycles. The Balaban J connectivity index is 2.90. The van der Waals surface area contributed by atoms with Crippen molar-refractivity contribution in [1.82, 2.24) is 0 Å². The van der Waals surface area contributed by atoms with Crippen LogP contribution in [-0.2, 0) is 11.2 Å². The molecule has 0 heterocycles. The van der Waals surface area contributed by atoms with E-state index in [-0.39, 0.29) is 34.7 Å². The van der Waals surface area contributed by atoms with E-state index in [0.717, 1.165) is 5.56 Å². The van der Waals surface area contributed by atoms with Crippen molar-refractivity contribution in [2.24, 2.45) is 0 Å². The minimum absolute atomic E-state index is 0.0710. The third-order valence-electron chi connectivity index (χ3n) is 2.09. The fraction of sp³-hybridized carbons (Fsp3) is 0.364. The number of alkyl halides is 4. The van der Waals surface area contributed by atoms with Gasteiger partial charge in [-0.15, -0.1) is 11.6 Å². The summed E-state index contributed by atoms with van der Waals surface area (Å²) in [6.45, 7) is 1.75. The monoisotopic (exact) mass is 282 g/mol. The molecule has 0 bridgehead atoms. The molecule has 0 amide bonds. The number of rotatable bonds is 4. The molecular weight excluding hydrogens is 273 g/mol. The highest BCUT2D eigenvalue weighted by atomic mass is 35.5. The zero-order valence-electron chi connectivity index (χ0n) is 8.97. The van der Waals surface area contributed by atoms with Crippen molar-refractivity contribution < 1.29 is 18.0 Å². The first-order valence-corrected chi connectivity index (χ1v) is 6.10. The van der Waals surface area contributed by atoms with E-state index in [0.29, 0.717) is 5.56 Å². The summed E-state index contributed by atoms with van der Waals surface area (Å²) < 4.78 is 36.5. The Kier molecular flexibility index (Phi) is 4.89. The number of carbonyl (C=O) groups excluding carboxylic acids is 1. The predicted octanol–water partition coefficient (Wildman–Crippen LogP) is 3.96. The highest BCUT2D eigenvalue weighted by molar-refractivity contribution is 8.00. The van der Waals surface area contributed by atoms with Crippen LogP contribution in [0.4, 0.5) is 13.2 Å². The number of hydrogen-bond acceptors (Lipinski definition) is 2. The summed E-state index contributed by atoms with van der Waals surface area (Å²) in [5, 5.41) is 0. The number of thioether (sulfide) groups is 1. The van der Waals surface area contributed by atoms with Gasteiger partial charge in [-0.2, -0.15) is 13.2 Å². The SMILES string of the molecule is Cc1ccc(SC(F)(F)F)cc1CC(=O)CCl. The number of Topliss-reactive ketones (excluding diaryl/α,β-unsaturated/α-hetero) is 1. The van der Waals surface area contributed by atoms with Crippen molar-refractivity contribution in [3.05, 3.63) is 29.3 Å². The molecule has 17 heavy (non-hydrogen) atoms. The standard InChI is InChI=1S/C11H10ClF3OS/c1-7-2-3-10(17-11(13,14)15)5-8(7)4-9(16)6-12/h2-3,5H,4,6H2,1H3. The highest BCUT2D eigenvalue weighted by Crippen LogP contribution is 2.37. The molecule has 0 aliphatic rings. The third kappa shape index (κ3) is 5.00. The Hall–Kier alpha value is -0.680. The highest BCUT2D eigenvalue weighted by Gasteiger charge is 2.29. The Morgan fingerprint density at radius 3 is 2.59 bits per heavy atom. The predicted molar refractivity (Wildman–Crippen MR) is 62.5 cm³/mol. The van der Waals surface area contributed by atoms with E-state index in [9.17, 15) is 18.0 Å².